The lowest BCUT2D eigenvalue weighted by Gasteiger charge is -2.19. The maximum Gasteiger partial charge on any atom is 0.0366 e. The van der Waals surface area contributed by atoms with E-state index in [1.54, 1.807) is 11.3 Å². The number of rotatable bonds is 5. The molecule has 0 radical (unpaired) electrons. The van der Waals surface area contributed by atoms with Gasteiger partial charge in [0.2, 0.25) is 0 Å². The molecule has 18 heavy (non-hydrogen) atoms. The molecule has 0 saturated carbocycles. The molecule has 2 rings (SSSR count). The molecule has 2 nitrogen and oxygen atoms in total. The summed E-state index contributed by atoms with van der Waals surface area (Å²) >= 11 is 5.29. The monoisotopic (exact) mass is 324 g/mol. The van der Waals surface area contributed by atoms with E-state index in [9.17, 15) is 0 Å². The molecule has 0 unspecified atom stereocenters. The lowest BCUT2D eigenvalue weighted by molar-refractivity contribution is 0.885. The third-order valence-corrected chi connectivity index (χ3v) is 4.66. The molecule has 0 amide bonds. The Balaban J connectivity index is 1.96. The topological polar surface area (TPSA) is 29.3 Å². The molecule has 2 aromatic rings. The number of hydrogen-bond acceptors (Lipinski definition) is 3. The number of nitrogens with two attached hydrogens (primary N) is 1. The van der Waals surface area contributed by atoms with Crippen LogP contribution in [0, 0.1) is 0 Å². The van der Waals surface area contributed by atoms with Crippen LogP contribution in [0.5, 0.6) is 0 Å². The Hall–Kier alpha value is -0.840. The molecule has 1 aromatic carbocycles. The van der Waals surface area contributed by atoms with E-state index in [-0.39, 0.29) is 0 Å². The molecular weight excluding hydrogens is 308 g/mol. The van der Waals surface area contributed by atoms with Crippen molar-refractivity contribution < 1.29 is 0 Å². The zero-order chi connectivity index (χ0) is 13.0. The van der Waals surface area contributed by atoms with Crippen LogP contribution in [0.1, 0.15) is 10.4 Å². The molecule has 0 atom stereocenters. The zero-order valence-electron chi connectivity index (χ0n) is 10.4. The molecule has 0 aliphatic heterocycles. The molecule has 0 aliphatic carbocycles. The number of nitrogens with zero attached hydrogens (tertiary/aromatic N) is 1. The molecule has 0 saturated heterocycles. The Bertz CT molecular complexity index is 510. The van der Waals surface area contributed by atoms with Crippen LogP contribution in [0.2, 0.25) is 0 Å². The number of halogens is 1. The number of benzene rings is 1. The summed E-state index contributed by atoms with van der Waals surface area (Å²) in [6, 6.07) is 10.6. The van der Waals surface area contributed by atoms with Crippen molar-refractivity contribution in [2.45, 2.75) is 13.0 Å². The highest BCUT2D eigenvalue weighted by molar-refractivity contribution is 9.10. The minimum absolute atomic E-state index is 0.597. The van der Waals surface area contributed by atoms with Gasteiger partial charge < -0.3 is 10.6 Å². The van der Waals surface area contributed by atoms with Crippen molar-refractivity contribution in [3.8, 4) is 0 Å². The van der Waals surface area contributed by atoms with E-state index in [1.807, 2.05) is 0 Å². The fourth-order valence-corrected chi connectivity index (χ4v) is 3.26. The number of likely N-dealkylation sites (N-methyl/N-ethyl adjacent to an activating group) is 1. The highest BCUT2D eigenvalue weighted by Gasteiger charge is 2.03. The minimum atomic E-state index is 0.597. The molecule has 1 heterocycles. The summed E-state index contributed by atoms with van der Waals surface area (Å²) in [6.07, 6.45) is 1.07. The van der Waals surface area contributed by atoms with E-state index >= 15 is 0 Å². The number of thiophene rings is 1. The predicted molar refractivity (Wildman–Crippen MR) is 83.3 cm³/mol. The zero-order valence-corrected chi connectivity index (χ0v) is 12.8. The van der Waals surface area contributed by atoms with E-state index < -0.39 is 0 Å². The Kier molecular flexibility index (Phi) is 4.80. The highest BCUT2D eigenvalue weighted by Crippen LogP contribution is 2.21. The summed E-state index contributed by atoms with van der Waals surface area (Å²) in [4.78, 5) is 3.68. The van der Waals surface area contributed by atoms with Crippen LogP contribution < -0.4 is 10.6 Å². The van der Waals surface area contributed by atoms with Crippen LogP contribution >= 0.6 is 27.3 Å². The van der Waals surface area contributed by atoms with E-state index in [4.69, 9.17) is 5.73 Å². The SMILES string of the molecule is CN(CCc1cc(Br)cs1)c1cccc(CN)c1. The first-order valence-electron chi connectivity index (χ1n) is 5.92. The predicted octanol–water partition coefficient (Wildman–Crippen LogP) is 3.65. The highest BCUT2D eigenvalue weighted by atomic mass is 79.9. The van der Waals surface area contributed by atoms with Crippen LogP contribution in [0.3, 0.4) is 0 Å². The average Bonchev–Trinajstić information content (AvgIpc) is 2.82. The maximum atomic E-state index is 5.66. The number of anilines is 1. The molecule has 1 aromatic heterocycles. The van der Waals surface area contributed by atoms with E-state index in [0.717, 1.165) is 13.0 Å². The summed E-state index contributed by atoms with van der Waals surface area (Å²) in [5.74, 6) is 0. The third kappa shape index (κ3) is 3.57. The minimum Gasteiger partial charge on any atom is -0.374 e. The second kappa shape index (κ2) is 6.36. The Morgan fingerprint density at radius 3 is 2.83 bits per heavy atom. The van der Waals surface area contributed by atoms with Gasteiger partial charge in [-0.1, -0.05) is 12.1 Å². The van der Waals surface area contributed by atoms with Crippen LogP contribution in [-0.4, -0.2) is 13.6 Å². The summed E-state index contributed by atoms with van der Waals surface area (Å²) in [7, 11) is 2.12. The van der Waals surface area contributed by atoms with Gasteiger partial charge in [-0.05, 0) is 46.1 Å². The summed E-state index contributed by atoms with van der Waals surface area (Å²) in [5, 5.41) is 2.13. The second-order valence-corrected chi connectivity index (χ2v) is 6.19. The van der Waals surface area contributed by atoms with Gasteiger partial charge in [0.15, 0.2) is 0 Å². The van der Waals surface area contributed by atoms with Crippen LogP contribution in [0.25, 0.3) is 0 Å². The van der Waals surface area contributed by atoms with Crippen molar-refractivity contribution >= 4 is 33.0 Å². The van der Waals surface area contributed by atoms with E-state index in [0.29, 0.717) is 6.54 Å². The molecule has 0 spiro atoms. The summed E-state index contributed by atoms with van der Waals surface area (Å²) in [6.45, 7) is 1.61. The first-order valence-corrected chi connectivity index (χ1v) is 7.59. The van der Waals surface area contributed by atoms with Crippen molar-refractivity contribution in [3.05, 3.63) is 50.6 Å². The maximum absolute atomic E-state index is 5.66. The summed E-state index contributed by atoms with van der Waals surface area (Å²) < 4.78 is 1.18. The van der Waals surface area contributed by atoms with Crippen molar-refractivity contribution in [1.82, 2.24) is 0 Å². The lowest BCUT2D eigenvalue weighted by atomic mass is 10.2. The molecule has 96 valence electrons. The fraction of sp³-hybridized carbons (Fsp3) is 0.286. The van der Waals surface area contributed by atoms with Gasteiger partial charge in [-0.15, -0.1) is 11.3 Å². The fourth-order valence-electron chi connectivity index (χ4n) is 1.81. The first kappa shape index (κ1) is 13.6. The van der Waals surface area contributed by atoms with Crippen LogP contribution in [0.4, 0.5) is 5.69 Å². The van der Waals surface area contributed by atoms with Crippen molar-refractivity contribution in [2.24, 2.45) is 5.73 Å². The molecule has 0 aliphatic rings. The van der Waals surface area contributed by atoms with Gasteiger partial charge >= 0.3 is 0 Å². The molecule has 0 fully saturated rings. The van der Waals surface area contributed by atoms with E-state index in [2.05, 4.69) is 63.6 Å². The smallest absolute Gasteiger partial charge is 0.0366 e. The molecule has 4 heteroatoms. The standard InChI is InChI=1S/C14H17BrN2S/c1-17(6-5-14-8-12(15)10-18-14)13-4-2-3-11(7-13)9-16/h2-4,7-8,10H,5-6,9,16H2,1H3. The van der Waals surface area contributed by atoms with Gasteiger partial charge in [0.05, 0.1) is 0 Å². The molecule has 0 bridgehead atoms. The largest absolute Gasteiger partial charge is 0.374 e. The van der Waals surface area contributed by atoms with Crippen molar-refractivity contribution in [1.29, 1.82) is 0 Å². The van der Waals surface area contributed by atoms with Gasteiger partial charge in [0.25, 0.3) is 0 Å². The Morgan fingerprint density at radius 2 is 2.17 bits per heavy atom. The average molecular weight is 325 g/mol. The quantitative estimate of drug-likeness (QED) is 0.909. The van der Waals surface area contributed by atoms with Crippen molar-refractivity contribution in [3.63, 3.8) is 0 Å². The van der Waals surface area contributed by atoms with Gasteiger partial charge in [-0.25, -0.2) is 0 Å². The van der Waals surface area contributed by atoms with Crippen LogP contribution in [-0.2, 0) is 13.0 Å². The Labute approximate surface area is 121 Å². The Morgan fingerprint density at radius 1 is 1.33 bits per heavy atom. The van der Waals surface area contributed by atoms with Gasteiger partial charge in [0, 0.05) is 40.6 Å². The second-order valence-electron chi connectivity index (χ2n) is 4.28. The number of hydrogen-bond donors (Lipinski definition) is 1. The third-order valence-electron chi connectivity index (χ3n) is 2.90. The lowest BCUT2D eigenvalue weighted by Crippen LogP contribution is -2.20. The van der Waals surface area contributed by atoms with Gasteiger partial charge in [-0.3, -0.25) is 0 Å². The van der Waals surface area contributed by atoms with Crippen molar-refractivity contribution in [2.75, 3.05) is 18.5 Å². The summed E-state index contributed by atoms with van der Waals surface area (Å²) in [5.41, 5.74) is 8.07. The van der Waals surface area contributed by atoms with Gasteiger partial charge in [-0.2, -0.15) is 0 Å². The molecule has 2 N–H and O–H groups in total. The van der Waals surface area contributed by atoms with E-state index in [1.165, 1.54) is 20.6 Å². The van der Waals surface area contributed by atoms with Crippen LogP contribution in [0.15, 0.2) is 40.2 Å². The first-order chi connectivity index (χ1) is 8.69. The van der Waals surface area contributed by atoms with Gasteiger partial charge in [0.1, 0.15) is 0 Å². The normalized spacial score (nSPS) is 10.6. The molecular formula is C14H17BrN2S.